The smallest absolute Gasteiger partial charge is 0.254 e. The summed E-state index contributed by atoms with van der Waals surface area (Å²) in [4.78, 5) is 32.4. The summed E-state index contributed by atoms with van der Waals surface area (Å²) < 4.78 is 5.31. The SMILES string of the molecule is COc1cccc(C(=O)N(CCC(C)C)CC(=O)N2CCc3sccc3C2c2ccccc2C)c1. The van der Waals surface area contributed by atoms with Crippen LogP contribution in [0, 0.1) is 12.8 Å². The van der Waals surface area contributed by atoms with Crippen molar-refractivity contribution >= 4 is 23.2 Å². The van der Waals surface area contributed by atoms with Crippen LogP contribution in [0.2, 0.25) is 0 Å². The van der Waals surface area contributed by atoms with Crippen molar-refractivity contribution in [2.75, 3.05) is 26.7 Å². The Balaban J connectivity index is 1.63. The maximum absolute atomic E-state index is 13.8. The summed E-state index contributed by atoms with van der Waals surface area (Å²) in [5.74, 6) is 0.897. The van der Waals surface area contributed by atoms with Gasteiger partial charge in [0.1, 0.15) is 12.3 Å². The summed E-state index contributed by atoms with van der Waals surface area (Å²) in [6.07, 6.45) is 1.68. The summed E-state index contributed by atoms with van der Waals surface area (Å²) in [6.45, 7) is 7.60. The number of ether oxygens (including phenoxy) is 1. The highest BCUT2D eigenvalue weighted by atomic mass is 32.1. The van der Waals surface area contributed by atoms with Crippen molar-refractivity contribution in [3.05, 3.63) is 87.1 Å². The van der Waals surface area contributed by atoms with Gasteiger partial charge in [-0.15, -0.1) is 11.3 Å². The summed E-state index contributed by atoms with van der Waals surface area (Å²) in [5.41, 5.74) is 4.05. The van der Waals surface area contributed by atoms with E-state index in [-0.39, 0.29) is 24.4 Å². The van der Waals surface area contributed by atoms with E-state index in [4.69, 9.17) is 4.74 Å². The minimum atomic E-state index is -0.140. The predicted octanol–water partition coefficient (Wildman–Crippen LogP) is 5.73. The van der Waals surface area contributed by atoms with Crippen LogP contribution in [0.3, 0.4) is 0 Å². The van der Waals surface area contributed by atoms with E-state index < -0.39 is 0 Å². The van der Waals surface area contributed by atoms with Crippen LogP contribution in [0.4, 0.5) is 0 Å². The zero-order valence-corrected chi connectivity index (χ0v) is 21.8. The zero-order chi connectivity index (χ0) is 24.9. The number of carbonyl (C=O) groups excluding carboxylic acids is 2. The Morgan fingerprint density at radius 3 is 2.66 bits per heavy atom. The van der Waals surface area contributed by atoms with Gasteiger partial charge in [-0.2, -0.15) is 0 Å². The van der Waals surface area contributed by atoms with Crippen molar-refractivity contribution in [1.82, 2.24) is 9.80 Å². The molecular weight excluding hydrogens is 456 g/mol. The minimum Gasteiger partial charge on any atom is -0.497 e. The van der Waals surface area contributed by atoms with E-state index in [1.54, 1.807) is 35.5 Å². The first-order chi connectivity index (χ1) is 16.9. The molecule has 0 bridgehead atoms. The van der Waals surface area contributed by atoms with Gasteiger partial charge in [0, 0.05) is 23.5 Å². The Bertz CT molecular complexity index is 1190. The van der Waals surface area contributed by atoms with Crippen LogP contribution in [0.1, 0.15) is 58.2 Å². The molecule has 0 aliphatic carbocycles. The molecule has 0 radical (unpaired) electrons. The molecular formula is C29H34N2O3S. The summed E-state index contributed by atoms with van der Waals surface area (Å²) in [7, 11) is 1.59. The fraction of sp³-hybridized carbons (Fsp3) is 0.379. The Labute approximate surface area is 212 Å². The van der Waals surface area contributed by atoms with Gasteiger partial charge in [0.15, 0.2) is 0 Å². The molecule has 1 aliphatic heterocycles. The highest BCUT2D eigenvalue weighted by molar-refractivity contribution is 7.10. The molecule has 0 saturated heterocycles. The van der Waals surface area contributed by atoms with Gasteiger partial charge in [-0.3, -0.25) is 9.59 Å². The second-order valence-corrected chi connectivity index (χ2v) is 10.5. The third-order valence-electron chi connectivity index (χ3n) is 6.68. The second-order valence-electron chi connectivity index (χ2n) is 9.54. The molecule has 2 aromatic carbocycles. The van der Waals surface area contributed by atoms with Gasteiger partial charge >= 0.3 is 0 Å². The molecule has 1 aromatic heterocycles. The maximum Gasteiger partial charge on any atom is 0.254 e. The highest BCUT2D eigenvalue weighted by Crippen LogP contribution is 2.39. The number of hydrogen-bond acceptors (Lipinski definition) is 4. The average molecular weight is 491 g/mol. The van der Waals surface area contributed by atoms with Crippen LogP contribution >= 0.6 is 11.3 Å². The van der Waals surface area contributed by atoms with Gasteiger partial charge in [-0.1, -0.05) is 44.2 Å². The molecule has 0 saturated carbocycles. The number of fused-ring (bicyclic) bond motifs is 1. The van der Waals surface area contributed by atoms with Gasteiger partial charge in [-0.25, -0.2) is 0 Å². The van der Waals surface area contributed by atoms with Gasteiger partial charge in [0.25, 0.3) is 5.91 Å². The van der Waals surface area contributed by atoms with E-state index in [1.165, 1.54) is 16.0 Å². The number of hydrogen-bond donors (Lipinski definition) is 0. The molecule has 3 aromatic rings. The number of amides is 2. The number of benzene rings is 2. The molecule has 2 amide bonds. The number of aryl methyl sites for hydroxylation is 1. The van der Waals surface area contributed by atoms with Crippen molar-refractivity contribution in [2.45, 2.75) is 39.7 Å². The van der Waals surface area contributed by atoms with Crippen LogP contribution < -0.4 is 4.74 Å². The molecule has 1 unspecified atom stereocenters. The largest absolute Gasteiger partial charge is 0.497 e. The molecule has 1 atom stereocenters. The van der Waals surface area contributed by atoms with Crippen molar-refractivity contribution in [3.63, 3.8) is 0 Å². The van der Waals surface area contributed by atoms with Crippen molar-refractivity contribution in [1.29, 1.82) is 0 Å². The number of methoxy groups -OCH3 is 1. The predicted molar refractivity (Wildman–Crippen MR) is 141 cm³/mol. The molecule has 0 fully saturated rings. The van der Waals surface area contributed by atoms with Gasteiger partial charge < -0.3 is 14.5 Å². The molecule has 2 heterocycles. The van der Waals surface area contributed by atoms with Crippen LogP contribution in [0.25, 0.3) is 0 Å². The summed E-state index contributed by atoms with van der Waals surface area (Å²) >= 11 is 1.76. The van der Waals surface area contributed by atoms with E-state index in [0.29, 0.717) is 30.3 Å². The topological polar surface area (TPSA) is 49.9 Å². The fourth-order valence-electron chi connectivity index (χ4n) is 4.67. The molecule has 4 rings (SSSR count). The first-order valence-electron chi connectivity index (χ1n) is 12.2. The van der Waals surface area contributed by atoms with Crippen molar-refractivity contribution in [2.24, 2.45) is 5.92 Å². The summed E-state index contributed by atoms with van der Waals surface area (Å²) in [5, 5.41) is 2.12. The molecule has 6 heteroatoms. The maximum atomic E-state index is 13.8. The second kappa shape index (κ2) is 11.1. The van der Waals surface area contributed by atoms with Gasteiger partial charge in [-0.05, 0) is 72.0 Å². The van der Waals surface area contributed by atoms with Crippen molar-refractivity contribution in [3.8, 4) is 5.75 Å². The van der Waals surface area contributed by atoms with E-state index >= 15 is 0 Å². The summed E-state index contributed by atoms with van der Waals surface area (Å²) in [6, 6.07) is 17.5. The average Bonchev–Trinajstić information content (AvgIpc) is 3.35. The number of rotatable bonds is 8. The molecule has 184 valence electrons. The number of carbonyl (C=O) groups is 2. The van der Waals surface area contributed by atoms with Crippen LogP contribution in [-0.4, -0.2) is 48.4 Å². The van der Waals surface area contributed by atoms with E-state index in [0.717, 1.165) is 18.4 Å². The normalized spacial score (nSPS) is 15.1. The third-order valence-corrected chi connectivity index (χ3v) is 7.67. The van der Waals surface area contributed by atoms with Gasteiger partial charge in [0.2, 0.25) is 5.91 Å². The molecule has 0 N–H and O–H groups in total. The third kappa shape index (κ3) is 5.59. The van der Waals surface area contributed by atoms with Crippen LogP contribution in [0.15, 0.2) is 60.0 Å². The minimum absolute atomic E-state index is 0.0184. The van der Waals surface area contributed by atoms with Crippen LogP contribution in [0.5, 0.6) is 5.75 Å². The molecule has 35 heavy (non-hydrogen) atoms. The first kappa shape index (κ1) is 25.0. The lowest BCUT2D eigenvalue weighted by atomic mass is 9.90. The van der Waals surface area contributed by atoms with E-state index in [1.807, 2.05) is 29.2 Å². The molecule has 0 spiro atoms. The van der Waals surface area contributed by atoms with Crippen LogP contribution in [-0.2, 0) is 11.2 Å². The Morgan fingerprint density at radius 1 is 1.11 bits per heavy atom. The standard InChI is InChI=1S/C29H34N2O3S/c1-20(2)12-15-30(29(33)22-9-7-10-23(18-22)34-4)19-27(32)31-16-13-26-25(14-17-35-26)28(31)24-11-6-5-8-21(24)3/h5-11,14,17-18,20,28H,12-13,15-16,19H2,1-4H3. The number of thiophene rings is 1. The monoisotopic (exact) mass is 490 g/mol. The highest BCUT2D eigenvalue weighted by Gasteiger charge is 2.34. The van der Waals surface area contributed by atoms with Crippen molar-refractivity contribution < 1.29 is 14.3 Å². The Morgan fingerprint density at radius 2 is 1.91 bits per heavy atom. The van der Waals surface area contributed by atoms with E-state index in [2.05, 4.69) is 44.4 Å². The lowest BCUT2D eigenvalue weighted by Gasteiger charge is -2.38. The Hall–Kier alpha value is -3.12. The zero-order valence-electron chi connectivity index (χ0n) is 21.0. The molecule has 5 nitrogen and oxygen atoms in total. The Kier molecular flexibility index (Phi) is 7.91. The quantitative estimate of drug-likeness (QED) is 0.405. The first-order valence-corrected chi connectivity index (χ1v) is 13.1. The lowest BCUT2D eigenvalue weighted by molar-refractivity contribution is -0.134. The molecule has 1 aliphatic rings. The lowest BCUT2D eigenvalue weighted by Crippen LogP contribution is -2.47. The fourth-order valence-corrected chi connectivity index (χ4v) is 5.58. The number of nitrogens with zero attached hydrogens (tertiary/aromatic N) is 2. The van der Waals surface area contributed by atoms with E-state index in [9.17, 15) is 9.59 Å². The van der Waals surface area contributed by atoms with Gasteiger partial charge in [0.05, 0.1) is 13.2 Å².